The van der Waals surface area contributed by atoms with Crippen LogP contribution in [0.25, 0.3) is 11.1 Å². The van der Waals surface area contributed by atoms with Gasteiger partial charge in [-0.1, -0.05) is 29.8 Å². The molecule has 1 aliphatic rings. The Bertz CT molecular complexity index is 1370. The number of aromatic amines is 1. The number of halogens is 3. The first-order chi connectivity index (χ1) is 18.3. The van der Waals surface area contributed by atoms with Crippen LogP contribution in [0.3, 0.4) is 0 Å². The fourth-order valence-electron chi connectivity index (χ4n) is 4.76. The van der Waals surface area contributed by atoms with Gasteiger partial charge in [0.25, 0.3) is 5.91 Å². The SMILES string of the molecule is Cc1ccc(C(=O)Nc2ccc(N3CCN(Cc4ccc[nH]4)CC3)cc2)c(-c2ccc(C(F)(F)F)cc2)c1. The smallest absolute Gasteiger partial charge is 0.369 e. The first-order valence-corrected chi connectivity index (χ1v) is 12.6. The van der Waals surface area contributed by atoms with Crippen LogP contribution in [0.15, 0.2) is 85.1 Å². The van der Waals surface area contributed by atoms with Crippen LogP contribution in [0, 0.1) is 6.92 Å². The number of hydrogen-bond acceptors (Lipinski definition) is 3. The Kier molecular flexibility index (Phi) is 7.24. The van der Waals surface area contributed by atoms with Gasteiger partial charge in [0.05, 0.1) is 5.56 Å². The molecule has 3 aromatic carbocycles. The van der Waals surface area contributed by atoms with Crippen molar-refractivity contribution in [3.63, 3.8) is 0 Å². The zero-order valence-corrected chi connectivity index (χ0v) is 21.1. The minimum Gasteiger partial charge on any atom is -0.369 e. The fraction of sp³-hybridized carbons (Fsp3) is 0.233. The highest BCUT2D eigenvalue weighted by Gasteiger charge is 2.30. The molecule has 196 valence electrons. The lowest BCUT2D eigenvalue weighted by molar-refractivity contribution is -0.137. The maximum atomic E-state index is 13.2. The average Bonchev–Trinajstić information content (AvgIpc) is 3.42. The van der Waals surface area contributed by atoms with Crippen LogP contribution in [0.1, 0.15) is 27.2 Å². The van der Waals surface area contributed by atoms with Crippen molar-refractivity contribution >= 4 is 17.3 Å². The first kappa shape index (κ1) is 25.6. The molecule has 0 bridgehead atoms. The molecular weight excluding hydrogens is 489 g/mol. The Balaban J connectivity index is 1.24. The molecule has 0 unspecified atom stereocenters. The molecule has 1 fully saturated rings. The third-order valence-corrected chi connectivity index (χ3v) is 6.86. The Morgan fingerprint density at radius 2 is 1.63 bits per heavy atom. The number of rotatable bonds is 6. The second-order valence-corrected chi connectivity index (χ2v) is 9.58. The lowest BCUT2D eigenvalue weighted by Crippen LogP contribution is -2.46. The van der Waals surface area contributed by atoms with E-state index in [-0.39, 0.29) is 5.91 Å². The van der Waals surface area contributed by atoms with Gasteiger partial charge in [-0.2, -0.15) is 13.2 Å². The molecule has 0 radical (unpaired) electrons. The largest absolute Gasteiger partial charge is 0.416 e. The number of piperazine rings is 1. The maximum absolute atomic E-state index is 13.2. The van der Waals surface area contributed by atoms with Crippen molar-refractivity contribution in [3.05, 3.63) is 107 Å². The van der Waals surface area contributed by atoms with Crippen LogP contribution in [0.2, 0.25) is 0 Å². The number of aryl methyl sites for hydroxylation is 1. The molecule has 38 heavy (non-hydrogen) atoms. The molecule has 2 N–H and O–H groups in total. The van der Waals surface area contributed by atoms with E-state index in [0.29, 0.717) is 22.4 Å². The Morgan fingerprint density at radius 3 is 2.26 bits per heavy atom. The number of aromatic nitrogens is 1. The molecule has 0 aliphatic carbocycles. The van der Waals surface area contributed by atoms with Gasteiger partial charge in [-0.05, 0) is 72.6 Å². The van der Waals surface area contributed by atoms with E-state index in [4.69, 9.17) is 0 Å². The van der Waals surface area contributed by atoms with E-state index in [2.05, 4.69) is 26.2 Å². The Labute approximate surface area is 219 Å². The molecular formula is C30H29F3N4O. The molecule has 1 aromatic heterocycles. The number of alkyl halides is 3. The highest BCUT2D eigenvalue weighted by atomic mass is 19.4. The molecule has 0 saturated carbocycles. The highest BCUT2D eigenvalue weighted by molar-refractivity contribution is 6.08. The minimum absolute atomic E-state index is 0.314. The summed E-state index contributed by atoms with van der Waals surface area (Å²) in [6.07, 6.45) is -2.46. The molecule has 5 nitrogen and oxygen atoms in total. The van der Waals surface area contributed by atoms with Gasteiger partial charge >= 0.3 is 6.18 Å². The van der Waals surface area contributed by atoms with E-state index >= 15 is 0 Å². The lowest BCUT2D eigenvalue weighted by atomic mass is 9.96. The van der Waals surface area contributed by atoms with E-state index in [1.807, 2.05) is 55.6 Å². The summed E-state index contributed by atoms with van der Waals surface area (Å²) in [5, 5.41) is 2.94. The third kappa shape index (κ3) is 5.92. The van der Waals surface area contributed by atoms with Gasteiger partial charge in [0.1, 0.15) is 0 Å². The zero-order chi connectivity index (χ0) is 26.7. The molecule has 2 heterocycles. The van der Waals surface area contributed by atoms with Gasteiger partial charge in [0.15, 0.2) is 0 Å². The first-order valence-electron chi connectivity index (χ1n) is 12.6. The molecule has 0 atom stereocenters. The second kappa shape index (κ2) is 10.8. The summed E-state index contributed by atoms with van der Waals surface area (Å²) in [5.41, 5.74) is 4.70. The van der Waals surface area contributed by atoms with Gasteiger partial charge in [-0.15, -0.1) is 0 Å². The van der Waals surface area contributed by atoms with Gasteiger partial charge in [-0.3, -0.25) is 9.69 Å². The van der Waals surface area contributed by atoms with Gasteiger partial charge in [0, 0.05) is 61.6 Å². The molecule has 1 saturated heterocycles. The van der Waals surface area contributed by atoms with E-state index in [0.717, 1.165) is 56.1 Å². The number of anilines is 2. The Morgan fingerprint density at radius 1 is 0.921 bits per heavy atom. The summed E-state index contributed by atoms with van der Waals surface area (Å²) in [4.78, 5) is 21.2. The van der Waals surface area contributed by atoms with Crippen molar-refractivity contribution in [1.29, 1.82) is 0 Å². The highest BCUT2D eigenvalue weighted by Crippen LogP contribution is 2.32. The zero-order valence-electron chi connectivity index (χ0n) is 21.1. The van der Waals surface area contributed by atoms with Gasteiger partial charge < -0.3 is 15.2 Å². The summed E-state index contributed by atoms with van der Waals surface area (Å²) in [5.74, 6) is -0.314. The van der Waals surface area contributed by atoms with E-state index in [9.17, 15) is 18.0 Å². The number of nitrogens with zero attached hydrogens (tertiary/aromatic N) is 2. The normalized spacial score (nSPS) is 14.5. The lowest BCUT2D eigenvalue weighted by Gasteiger charge is -2.36. The van der Waals surface area contributed by atoms with Crippen molar-refractivity contribution in [3.8, 4) is 11.1 Å². The molecule has 1 aliphatic heterocycles. The molecule has 0 spiro atoms. The summed E-state index contributed by atoms with van der Waals surface area (Å²) >= 11 is 0. The van der Waals surface area contributed by atoms with Gasteiger partial charge in [-0.25, -0.2) is 0 Å². The number of amides is 1. The van der Waals surface area contributed by atoms with E-state index < -0.39 is 11.7 Å². The number of hydrogen-bond donors (Lipinski definition) is 2. The molecule has 8 heteroatoms. The van der Waals surface area contributed by atoms with Crippen molar-refractivity contribution in [2.45, 2.75) is 19.6 Å². The monoisotopic (exact) mass is 518 g/mol. The van der Waals surface area contributed by atoms with E-state index in [1.165, 1.54) is 17.8 Å². The van der Waals surface area contributed by atoms with Crippen molar-refractivity contribution in [1.82, 2.24) is 9.88 Å². The standard InChI is InChI=1S/C30H29F3N4O/c1-21-4-13-27(28(19-21)22-5-7-23(8-6-22)30(31,32)33)29(38)35-24-9-11-26(12-10-24)37-17-15-36(16-18-37)20-25-3-2-14-34-25/h2-14,19,34H,15-18,20H2,1H3,(H,35,38). The van der Waals surface area contributed by atoms with Crippen LogP contribution < -0.4 is 10.2 Å². The summed E-state index contributed by atoms with van der Waals surface area (Å²) in [6.45, 7) is 6.58. The topological polar surface area (TPSA) is 51.4 Å². The van der Waals surface area contributed by atoms with Gasteiger partial charge in [0.2, 0.25) is 0 Å². The van der Waals surface area contributed by atoms with Crippen LogP contribution in [-0.4, -0.2) is 42.0 Å². The quantitative estimate of drug-likeness (QED) is 0.303. The van der Waals surface area contributed by atoms with Crippen molar-refractivity contribution in [2.75, 3.05) is 36.4 Å². The number of benzene rings is 3. The average molecular weight is 519 g/mol. The number of carbonyl (C=O) groups is 1. The second-order valence-electron chi connectivity index (χ2n) is 9.58. The molecule has 5 rings (SSSR count). The van der Waals surface area contributed by atoms with Crippen LogP contribution in [-0.2, 0) is 12.7 Å². The van der Waals surface area contributed by atoms with Crippen LogP contribution >= 0.6 is 0 Å². The van der Waals surface area contributed by atoms with Crippen LogP contribution in [0.5, 0.6) is 0 Å². The summed E-state index contributed by atoms with van der Waals surface area (Å²) in [6, 6.07) is 22.1. The summed E-state index contributed by atoms with van der Waals surface area (Å²) < 4.78 is 39.0. The number of H-pyrrole nitrogens is 1. The predicted molar refractivity (Wildman–Crippen MR) is 144 cm³/mol. The minimum atomic E-state index is -4.41. The predicted octanol–water partition coefficient (Wildman–Crippen LogP) is 6.58. The number of carbonyl (C=O) groups excluding carboxylic acids is 1. The maximum Gasteiger partial charge on any atom is 0.416 e. The van der Waals surface area contributed by atoms with E-state index in [1.54, 1.807) is 6.07 Å². The van der Waals surface area contributed by atoms with Crippen molar-refractivity contribution in [2.24, 2.45) is 0 Å². The third-order valence-electron chi connectivity index (χ3n) is 6.86. The van der Waals surface area contributed by atoms with Crippen molar-refractivity contribution < 1.29 is 18.0 Å². The van der Waals surface area contributed by atoms with Crippen LogP contribution in [0.4, 0.5) is 24.5 Å². The fourth-order valence-corrected chi connectivity index (χ4v) is 4.76. The number of nitrogens with one attached hydrogen (secondary N) is 2. The summed E-state index contributed by atoms with van der Waals surface area (Å²) in [7, 11) is 0. The molecule has 1 amide bonds. The molecule has 4 aromatic rings. The Hall–Kier alpha value is -4.04.